The molecule has 2 amide bonds. The third kappa shape index (κ3) is 2.02. The Kier molecular flexibility index (Phi) is 3.61. The van der Waals surface area contributed by atoms with Crippen LogP contribution >= 0.6 is 23.2 Å². The van der Waals surface area contributed by atoms with Crippen molar-refractivity contribution < 1.29 is 9.59 Å². The van der Waals surface area contributed by atoms with E-state index < -0.39 is 17.3 Å². The van der Waals surface area contributed by atoms with Crippen molar-refractivity contribution in [3.63, 3.8) is 0 Å². The van der Waals surface area contributed by atoms with E-state index in [0.717, 1.165) is 22.3 Å². The average molecular weight is 434 g/mol. The highest BCUT2D eigenvalue weighted by atomic mass is 35.5. The lowest BCUT2D eigenvalue weighted by Crippen LogP contribution is -2.51. The van der Waals surface area contributed by atoms with Crippen LogP contribution in [0.4, 0.5) is 5.69 Å². The summed E-state index contributed by atoms with van der Waals surface area (Å²) >= 11 is 12.3. The summed E-state index contributed by atoms with van der Waals surface area (Å²) in [7, 11) is 0. The van der Waals surface area contributed by atoms with E-state index in [1.807, 2.05) is 24.3 Å². The van der Waals surface area contributed by atoms with Crippen LogP contribution in [0.1, 0.15) is 35.1 Å². The Labute approximate surface area is 184 Å². The van der Waals surface area contributed by atoms with E-state index in [4.69, 9.17) is 23.2 Å². The molecule has 3 aliphatic carbocycles. The standard InChI is InChI=1S/C25H17Cl2NO2/c1-25-16-8-4-2-6-14(16)20(15-7-3-5-9-17(15)25)21-22(25)24(30)28(23(21)29)13-10-11-18(26)19(27)12-13/h2-12,20-22H,1H3. The van der Waals surface area contributed by atoms with Crippen LogP contribution < -0.4 is 4.90 Å². The van der Waals surface area contributed by atoms with Gasteiger partial charge in [-0.15, -0.1) is 0 Å². The van der Waals surface area contributed by atoms with E-state index in [-0.39, 0.29) is 17.7 Å². The molecule has 30 heavy (non-hydrogen) atoms. The lowest BCUT2D eigenvalue weighted by Gasteiger charge is -2.52. The normalized spacial score (nSPS) is 28.4. The summed E-state index contributed by atoms with van der Waals surface area (Å²) in [6, 6.07) is 21.4. The first-order valence-electron chi connectivity index (χ1n) is 9.96. The fourth-order valence-corrected chi connectivity index (χ4v) is 6.32. The number of nitrogens with zero attached hydrogens (tertiary/aromatic N) is 1. The minimum Gasteiger partial charge on any atom is -0.274 e. The molecule has 7 rings (SSSR count). The van der Waals surface area contributed by atoms with Gasteiger partial charge >= 0.3 is 0 Å². The summed E-state index contributed by atoms with van der Waals surface area (Å²) in [6.07, 6.45) is 0. The molecule has 2 atom stereocenters. The summed E-state index contributed by atoms with van der Waals surface area (Å²) in [4.78, 5) is 28.8. The Morgan fingerprint density at radius 2 is 1.40 bits per heavy atom. The van der Waals surface area contributed by atoms with Gasteiger partial charge in [0, 0.05) is 11.3 Å². The lowest BCUT2D eigenvalue weighted by molar-refractivity contribution is -0.123. The molecule has 148 valence electrons. The van der Waals surface area contributed by atoms with Gasteiger partial charge in [-0.2, -0.15) is 0 Å². The van der Waals surface area contributed by atoms with Crippen LogP contribution in [0.3, 0.4) is 0 Å². The highest BCUT2D eigenvalue weighted by Gasteiger charge is 2.66. The summed E-state index contributed by atoms with van der Waals surface area (Å²) < 4.78 is 0. The van der Waals surface area contributed by atoms with Gasteiger partial charge in [0.25, 0.3) is 0 Å². The lowest BCUT2D eigenvalue weighted by atomic mass is 9.48. The number of carbonyl (C=O) groups excluding carboxylic acids is 2. The van der Waals surface area contributed by atoms with Crippen molar-refractivity contribution in [2.24, 2.45) is 11.8 Å². The van der Waals surface area contributed by atoms with Crippen LogP contribution in [-0.2, 0) is 15.0 Å². The molecule has 0 aromatic heterocycles. The molecule has 4 aliphatic rings. The molecule has 1 heterocycles. The third-order valence-electron chi connectivity index (χ3n) is 7.20. The van der Waals surface area contributed by atoms with Gasteiger partial charge in [-0.05, 0) is 40.5 Å². The Morgan fingerprint density at radius 1 is 0.800 bits per heavy atom. The highest BCUT2D eigenvalue weighted by molar-refractivity contribution is 6.42. The SMILES string of the molecule is CC12c3ccccc3C(c3ccccc31)C1C(=O)N(c3ccc(Cl)c(Cl)c3)C(=O)C12. The molecule has 0 N–H and O–H groups in total. The summed E-state index contributed by atoms with van der Waals surface area (Å²) in [6.45, 7) is 2.11. The maximum Gasteiger partial charge on any atom is 0.238 e. The van der Waals surface area contributed by atoms with Gasteiger partial charge in [0.05, 0.1) is 27.6 Å². The fourth-order valence-electron chi connectivity index (χ4n) is 6.03. The number of hydrogen-bond donors (Lipinski definition) is 0. The molecule has 0 radical (unpaired) electrons. The van der Waals surface area contributed by atoms with E-state index in [1.54, 1.807) is 18.2 Å². The highest BCUT2D eigenvalue weighted by Crippen LogP contribution is 2.64. The number of rotatable bonds is 1. The maximum absolute atomic E-state index is 13.8. The molecule has 3 aromatic rings. The van der Waals surface area contributed by atoms with Crippen molar-refractivity contribution >= 4 is 40.7 Å². The number of amides is 2. The van der Waals surface area contributed by atoms with Gasteiger partial charge in [0.1, 0.15) is 0 Å². The zero-order valence-corrected chi connectivity index (χ0v) is 17.6. The predicted molar refractivity (Wildman–Crippen MR) is 117 cm³/mol. The minimum absolute atomic E-state index is 0.131. The maximum atomic E-state index is 13.8. The number of anilines is 1. The first-order valence-corrected chi connectivity index (χ1v) is 10.7. The zero-order chi connectivity index (χ0) is 20.8. The van der Waals surface area contributed by atoms with Crippen LogP contribution in [-0.4, -0.2) is 11.8 Å². The monoisotopic (exact) mass is 433 g/mol. The topological polar surface area (TPSA) is 37.4 Å². The second-order valence-corrected chi connectivity index (χ2v) is 9.28. The molecule has 0 spiro atoms. The minimum atomic E-state index is -0.565. The molecule has 0 saturated carbocycles. The van der Waals surface area contributed by atoms with Crippen molar-refractivity contribution in [1.82, 2.24) is 0 Å². The molecule has 5 heteroatoms. The number of imide groups is 1. The van der Waals surface area contributed by atoms with Crippen molar-refractivity contribution in [2.75, 3.05) is 4.90 Å². The van der Waals surface area contributed by atoms with Crippen molar-refractivity contribution in [3.05, 3.63) is 99.0 Å². The van der Waals surface area contributed by atoms with E-state index >= 15 is 0 Å². The Balaban J connectivity index is 1.60. The van der Waals surface area contributed by atoms with Crippen molar-refractivity contribution in [3.8, 4) is 0 Å². The van der Waals surface area contributed by atoms with Gasteiger partial charge in [0.15, 0.2) is 0 Å². The summed E-state index contributed by atoms with van der Waals surface area (Å²) in [5.41, 5.74) is 4.50. The molecule has 2 bridgehead atoms. The van der Waals surface area contributed by atoms with Crippen LogP contribution in [0.5, 0.6) is 0 Å². The number of carbonyl (C=O) groups is 2. The first-order chi connectivity index (χ1) is 14.4. The average Bonchev–Trinajstić information content (AvgIpc) is 3.02. The summed E-state index contributed by atoms with van der Waals surface area (Å²) in [5.74, 6) is -1.34. The number of benzene rings is 3. The molecule has 3 aromatic carbocycles. The number of hydrogen-bond acceptors (Lipinski definition) is 2. The zero-order valence-electron chi connectivity index (χ0n) is 16.1. The van der Waals surface area contributed by atoms with Crippen LogP contribution in [0.15, 0.2) is 66.7 Å². The quantitative estimate of drug-likeness (QED) is 0.470. The smallest absolute Gasteiger partial charge is 0.238 e. The predicted octanol–water partition coefficient (Wildman–Crippen LogP) is 5.56. The molecule has 1 fully saturated rings. The van der Waals surface area contributed by atoms with Crippen molar-refractivity contribution in [1.29, 1.82) is 0 Å². The third-order valence-corrected chi connectivity index (χ3v) is 7.94. The van der Waals surface area contributed by atoms with Crippen LogP contribution in [0.25, 0.3) is 0 Å². The Morgan fingerprint density at radius 3 is 2.00 bits per heavy atom. The Hall–Kier alpha value is -2.62. The summed E-state index contributed by atoms with van der Waals surface area (Å²) in [5, 5.41) is 0.717. The second kappa shape index (κ2) is 5.96. The molecule has 1 saturated heterocycles. The van der Waals surface area contributed by atoms with Crippen LogP contribution in [0, 0.1) is 11.8 Å². The largest absolute Gasteiger partial charge is 0.274 e. The van der Waals surface area contributed by atoms with Gasteiger partial charge in [-0.1, -0.05) is 78.7 Å². The molecule has 2 unspecified atom stereocenters. The van der Waals surface area contributed by atoms with Crippen molar-refractivity contribution in [2.45, 2.75) is 18.3 Å². The van der Waals surface area contributed by atoms with Gasteiger partial charge in [-0.25, -0.2) is 4.90 Å². The van der Waals surface area contributed by atoms with Gasteiger partial charge < -0.3 is 0 Å². The van der Waals surface area contributed by atoms with E-state index in [1.165, 1.54) is 4.90 Å². The fraction of sp³-hybridized carbons (Fsp3) is 0.200. The number of halogens is 2. The molecule has 1 aliphatic heterocycles. The molecule has 3 nitrogen and oxygen atoms in total. The molecular formula is C25H17Cl2NO2. The Bertz CT molecular complexity index is 1220. The van der Waals surface area contributed by atoms with E-state index in [2.05, 4.69) is 31.2 Å². The molecular weight excluding hydrogens is 417 g/mol. The van der Waals surface area contributed by atoms with Crippen LogP contribution in [0.2, 0.25) is 10.0 Å². The van der Waals surface area contributed by atoms with Gasteiger partial charge in [-0.3, -0.25) is 9.59 Å². The van der Waals surface area contributed by atoms with E-state index in [0.29, 0.717) is 15.7 Å². The van der Waals surface area contributed by atoms with E-state index in [9.17, 15) is 9.59 Å². The van der Waals surface area contributed by atoms with Gasteiger partial charge in [0.2, 0.25) is 11.8 Å². The second-order valence-electron chi connectivity index (χ2n) is 8.47. The first kappa shape index (κ1) is 18.2.